The number of carbonyl (C=O) groups is 1. The minimum Gasteiger partial charge on any atom is -0.491 e. The zero-order valence-corrected chi connectivity index (χ0v) is 21.0. The van der Waals surface area contributed by atoms with Crippen molar-refractivity contribution < 1.29 is 14.6 Å². The molecule has 176 valence electrons. The molecule has 0 unspecified atom stereocenters. The monoisotopic (exact) mass is 458 g/mol. The number of nitrogens with zero attached hydrogens (tertiary/aromatic N) is 2. The molecular formula is C26H38N2O3S. The first-order valence-corrected chi connectivity index (χ1v) is 12.6. The predicted octanol–water partition coefficient (Wildman–Crippen LogP) is 4.60. The van der Waals surface area contributed by atoms with Crippen molar-refractivity contribution in [3.63, 3.8) is 0 Å². The number of hydrogen-bond donors (Lipinski definition) is 1. The van der Waals surface area contributed by atoms with Crippen LogP contribution >= 0.6 is 11.3 Å². The number of fused-ring (bicyclic) bond motifs is 1. The fraction of sp³-hybridized carbons (Fsp3) is 0.577. The van der Waals surface area contributed by atoms with E-state index >= 15 is 0 Å². The standard InChI is InChI=1S/C26H38N2O3S/c1-6-18(2)14-27(15-21(5)29)16-26(30)28-11-9-25-22(10-12-32-25)23(28)17-31-24-8-7-19(3)13-20(24)4/h7-8,10,12-13,18,21,23,29H,6,9,11,14-17H2,1-5H3/t18-,21+,23-/m0/s1. The number of thiophene rings is 1. The van der Waals surface area contributed by atoms with E-state index in [2.05, 4.69) is 56.2 Å². The van der Waals surface area contributed by atoms with Gasteiger partial charge in [0.15, 0.2) is 0 Å². The summed E-state index contributed by atoms with van der Waals surface area (Å²) in [6.45, 7) is 13.1. The third-order valence-corrected chi connectivity index (χ3v) is 7.29. The van der Waals surface area contributed by atoms with Crippen LogP contribution in [0.15, 0.2) is 29.6 Å². The van der Waals surface area contributed by atoms with Crippen molar-refractivity contribution in [1.29, 1.82) is 0 Å². The lowest BCUT2D eigenvalue weighted by atomic mass is 10.00. The number of hydrogen-bond acceptors (Lipinski definition) is 5. The molecule has 3 rings (SSSR count). The molecule has 2 heterocycles. The molecule has 6 heteroatoms. The summed E-state index contributed by atoms with van der Waals surface area (Å²) in [5, 5.41) is 12.1. The van der Waals surface area contributed by atoms with E-state index in [4.69, 9.17) is 4.74 Å². The second kappa shape index (κ2) is 11.3. The molecule has 1 aliphatic rings. The zero-order chi connectivity index (χ0) is 23.3. The van der Waals surface area contributed by atoms with Gasteiger partial charge in [-0.25, -0.2) is 0 Å². The highest BCUT2D eigenvalue weighted by atomic mass is 32.1. The number of aliphatic hydroxyl groups is 1. The van der Waals surface area contributed by atoms with Crippen molar-refractivity contribution >= 4 is 17.2 Å². The van der Waals surface area contributed by atoms with Gasteiger partial charge in [0.25, 0.3) is 0 Å². The number of carbonyl (C=O) groups excluding carboxylic acids is 1. The van der Waals surface area contributed by atoms with Gasteiger partial charge in [0.1, 0.15) is 12.4 Å². The summed E-state index contributed by atoms with van der Waals surface area (Å²) in [5.74, 6) is 1.47. The molecule has 1 aromatic carbocycles. The second-order valence-electron chi connectivity index (χ2n) is 9.29. The second-order valence-corrected chi connectivity index (χ2v) is 10.3. The summed E-state index contributed by atoms with van der Waals surface area (Å²) < 4.78 is 6.25. The van der Waals surface area contributed by atoms with E-state index in [0.29, 0.717) is 32.2 Å². The number of ether oxygens (including phenoxy) is 1. The van der Waals surface area contributed by atoms with Gasteiger partial charge in [-0.3, -0.25) is 9.69 Å². The highest BCUT2D eigenvalue weighted by Crippen LogP contribution is 2.34. The van der Waals surface area contributed by atoms with Crippen LogP contribution in [0, 0.1) is 19.8 Å². The van der Waals surface area contributed by atoms with Gasteiger partial charge in [-0.05, 0) is 61.7 Å². The van der Waals surface area contributed by atoms with Gasteiger partial charge in [-0.1, -0.05) is 38.0 Å². The average Bonchev–Trinajstić information content (AvgIpc) is 3.21. The van der Waals surface area contributed by atoms with Crippen molar-refractivity contribution in [3.05, 3.63) is 51.2 Å². The Morgan fingerprint density at radius 2 is 2.06 bits per heavy atom. The predicted molar refractivity (Wildman–Crippen MR) is 131 cm³/mol. The highest BCUT2D eigenvalue weighted by Gasteiger charge is 2.33. The summed E-state index contributed by atoms with van der Waals surface area (Å²) in [4.78, 5) is 18.9. The zero-order valence-electron chi connectivity index (χ0n) is 20.1. The molecule has 0 fully saturated rings. The largest absolute Gasteiger partial charge is 0.491 e. The molecule has 1 amide bonds. The number of aliphatic hydroxyl groups excluding tert-OH is 1. The molecule has 0 radical (unpaired) electrons. The number of aryl methyl sites for hydroxylation is 2. The molecule has 3 atom stereocenters. The van der Waals surface area contributed by atoms with Crippen molar-refractivity contribution in [2.24, 2.45) is 5.92 Å². The number of benzene rings is 1. The average molecular weight is 459 g/mol. The summed E-state index contributed by atoms with van der Waals surface area (Å²) in [5.41, 5.74) is 3.54. The molecular weight excluding hydrogens is 420 g/mol. The Labute approximate surface area is 197 Å². The Balaban J connectivity index is 1.76. The maximum atomic E-state index is 13.5. The summed E-state index contributed by atoms with van der Waals surface area (Å²) in [7, 11) is 0. The van der Waals surface area contributed by atoms with Gasteiger partial charge < -0.3 is 14.7 Å². The summed E-state index contributed by atoms with van der Waals surface area (Å²) in [6, 6.07) is 8.26. The van der Waals surface area contributed by atoms with Crippen LogP contribution in [-0.4, -0.2) is 59.7 Å². The van der Waals surface area contributed by atoms with Crippen LogP contribution in [0.1, 0.15) is 54.8 Å². The van der Waals surface area contributed by atoms with E-state index in [1.807, 2.05) is 11.0 Å². The van der Waals surface area contributed by atoms with Gasteiger partial charge >= 0.3 is 0 Å². The van der Waals surface area contributed by atoms with Gasteiger partial charge in [0, 0.05) is 24.5 Å². The van der Waals surface area contributed by atoms with E-state index in [1.54, 1.807) is 18.3 Å². The van der Waals surface area contributed by atoms with Crippen molar-refractivity contribution in [2.45, 2.75) is 59.6 Å². The minimum absolute atomic E-state index is 0.0878. The summed E-state index contributed by atoms with van der Waals surface area (Å²) in [6.07, 6.45) is 1.49. The van der Waals surface area contributed by atoms with Gasteiger partial charge in [-0.2, -0.15) is 0 Å². The third kappa shape index (κ3) is 6.33. The fourth-order valence-corrected chi connectivity index (χ4v) is 5.36. The molecule has 2 aromatic rings. The van der Waals surface area contributed by atoms with E-state index < -0.39 is 6.10 Å². The fourth-order valence-electron chi connectivity index (χ4n) is 4.43. The lowest BCUT2D eigenvalue weighted by molar-refractivity contribution is -0.136. The maximum absolute atomic E-state index is 13.5. The van der Waals surface area contributed by atoms with Crippen molar-refractivity contribution in [1.82, 2.24) is 9.80 Å². The van der Waals surface area contributed by atoms with E-state index in [-0.39, 0.29) is 11.9 Å². The van der Waals surface area contributed by atoms with Crippen molar-refractivity contribution in [3.8, 4) is 5.75 Å². The molecule has 5 nitrogen and oxygen atoms in total. The third-order valence-electron chi connectivity index (χ3n) is 6.29. The number of rotatable bonds is 10. The molecule has 0 bridgehead atoms. The molecule has 0 spiro atoms. The first-order valence-electron chi connectivity index (χ1n) is 11.7. The normalized spacial score (nSPS) is 17.8. The van der Waals surface area contributed by atoms with Gasteiger partial charge in [-0.15, -0.1) is 11.3 Å². The lowest BCUT2D eigenvalue weighted by Gasteiger charge is -2.37. The topological polar surface area (TPSA) is 53.0 Å². The summed E-state index contributed by atoms with van der Waals surface area (Å²) >= 11 is 1.77. The molecule has 32 heavy (non-hydrogen) atoms. The quantitative estimate of drug-likeness (QED) is 0.565. The smallest absolute Gasteiger partial charge is 0.237 e. The molecule has 1 N–H and O–H groups in total. The van der Waals surface area contributed by atoms with E-state index in [9.17, 15) is 9.90 Å². The Bertz CT molecular complexity index is 895. The highest BCUT2D eigenvalue weighted by molar-refractivity contribution is 7.10. The van der Waals surface area contributed by atoms with Crippen LogP contribution in [0.5, 0.6) is 5.75 Å². The number of amides is 1. The van der Waals surface area contributed by atoms with Gasteiger partial charge in [0.2, 0.25) is 5.91 Å². The van der Waals surface area contributed by atoms with Crippen molar-refractivity contribution in [2.75, 3.05) is 32.8 Å². The Morgan fingerprint density at radius 3 is 2.75 bits per heavy atom. The molecule has 1 aromatic heterocycles. The van der Waals surface area contributed by atoms with Crippen LogP contribution < -0.4 is 4.74 Å². The van der Waals surface area contributed by atoms with Gasteiger partial charge in [0.05, 0.1) is 18.7 Å². The maximum Gasteiger partial charge on any atom is 0.237 e. The van der Waals surface area contributed by atoms with Crippen LogP contribution in [0.25, 0.3) is 0 Å². The Hall–Kier alpha value is -1.89. The lowest BCUT2D eigenvalue weighted by Crippen LogP contribution is -2.48. The SMILES string of the molecule is CC[C@H](C)CN(CC(=O)N1CCc2sccc2[C@@H]1COc1ccc(C)cc1C)C[C@@H](C)O. The molecule has 1 aliphatic heterocycles. The van der Waals surface area contributed by atoms with Crippen LogP contribution in [-0.2, 0) is 11.2 Å². The van der Waals surface area contributed by atoms with Crippen LogP contribution in [0.2, 0.25) is 0 Å². The first kappa shape index (κ1) is 24.7. The molecule has 0 aliphatic carbocycles. The van der Waals surface area contributed by atoms with E-state index in [0.717, 1.165) is 30.7 Å². The van der Waals surface area contributed by atoms with Crippen LogP contribution in [0.3, 0.4) is 0 Å². The minimum atomic E-state index is -0.458. The molecule has 0 saturated carbocycles. The Morgan fingerprint density at radius 1 is 1.28 bits per heavy atom. The molecule has 0 saturated heterocycles. The van der Waals surface area contributed by atoms with Crippen LogP contribution in [0.4, 0.5) is 0 Å². The van der Waals surface area contributed by atoms with E-state index in [1.165, 1.54) is 16.0 Å². The first-order chi connectivity index (χ1) is 15.3. The Kier molecular flexibility index (Phi) is 8.74.